The molecule has 3 rings (SSSR count). The van der Waals surface area contributed by atoms with E-state index in [1.165, 1.54) is 6.07 Å². The van der Waals surface area contributed by atoms with E-state index >= 15 is 0 Å². The molecule has 0 aliphatic carbocycles. The van der Waals surface area contributed by atoms with Crippen LogP contribution in [-0.4, -0.2) is 16.3 Å². The average molecular weight is 340 g/mol. The molecule has 5 nitrogen and oxygen atoms in total. The first-order valence-corrected chi connectivity index (χ1v) is 8.05. The zero-order chi connectivity index (χ0) is 18.3. The van der Waals surface area contributed by atoms with Crippen LogP contribution >= 0.6 is 0 Å². The van der Waals surface area contributed by atoms with Crippen LogP contribution in [0.4, 0.5) is 0 Å². The molecule has 0 bridgehead atoms. The van der Waals surface area contributed by atoms with Gasteiger partial charge in [0.2, 0.25) is 11.2 Å². The molecular weight excluding hydrogens is 320 g/mol. The number of ether oxygens (including phenoxy) is 1. The normalized spacial score (nSPS) is 11.2. The van der Waals surface area contributed by atoms with Crippen molar-refractivity contribution in [3.05, 3.63) is 51.7 Å². The molecule has 0 radical (unpaired) electrons. The van der Waals surface area contributed by atoms with E-state index in [1.807, 2.05) is 45.9 Å². The summed E-state index contributed by atoms with van der Waals surface area (Å²) >= 11 is 0. The highest BCUT2D eigenvalue weighted by atomic mass is 16.5. The number of hydrogen-bond donors (Lipinski definition) is 2. The monoisotopic (exact) mass is 340 g/mol. The lowest BCUT2D eigenvalue weighted by atomic mass is 10.0. The van der Waals surface area contributed by atoms with Crippen LogP contribution in [0, 0.1) is 13.8 Å². The van der Waals surface area contributed by atoms with Crippen molar-refractivity contribution < 1.29 is 19.4 Å². The fourth-order valence-corrected chi connectivity index (χ4v) is 2.68. The van der Waals surface area contributed by atoms with Crippen molar-refractivity contribution in [1.29, 1.82) is 0 Å². The summed E-state index contributed by atoms with van der Waals surface area (Å²) in [5.41, 5.74) is 2.50. The number of hydrogen-bond acceptors (Lipinski definition) is 5. The lowest BCUT2D eigenvalue weighted by Gasteiger charge is -2.15. The van der Waals surface area contributed by atoms with Gasteiger partial charge in [-0.15, -0.1) is 0 Å². The molecular formula is C20H20O5. The summed E-state index contributed by atoms with van der Waals surface area (Å²) in [6.45, 7) is 7.59. The Hall–Kier alpha value is -2.95. The van der Waals surface area contributed by atoms with Gasteiger partial charge in [0, 0.05) is 17.7 Å². The second-order valence-electron chi connectivity index (χ2n) is 6.39. The molecule has 3 aromatic rings. The predicted molar refractivity (Wildman–Crippen MR) is 96.5 cm³/mol. The third kappa shape index (κ3) is 3.05. The molecule has 0 aliphatic heterocycles. The van der Waals surface area contributed by atoms with Crippen LogP contribution in [0.1, 0.15) is 25.0 Å². The molecule has 0 aliphatic rings. The third-order valence-electron chi connectivity index (χ3n) is 4.04. The topological polar surface area (TPSA) is 79.9 Å². The Bertz CT molecular complexity index is 1010. The lowest BCUT2D eigenvalue weighted by molar-refractivity contribution is 0.236. The second-order valence-corrected chi connectivity index (χ2v) is 6.39. The molecule has 0 fully saturated rings. The van der Waals surface area contributed by atoms with Crippen molar-refractivity contribution in [3.8, 4) is 28.6 Å². The van der Waals surface area contributed by atoms with Gasteiger partial charge in [-0.3, -0.25) is 4.79 Å². The van der Waals surface area contributed by atoms with Gasteiger partial charge in [-0.05, 0) is 44.9 Å². The van der Waals surface area contributed by atoms with Crippen molar-refractivity contribution in [2.75, 3.05) is 0 Å². The minimum absolute atomic E-state index is 0.0129. The van der Waals surface area contributed by atoms with Crippen LogP contribution in [0.2, 0.25) is 0 Å². The van der Waals surface area contributed by atoms with Crippen LogP contribution in [0.25, 0.3) is 22.3 Å². The van der Waals surface area contributed by atoms with E-state index < -0.39 is 5.43 Å². The number of rotatable bonds is 3. The number of aryl methyl sites for hydroxylation is 2. The van der Waals surface area contributed by atoms with E-state index in [0.29, 0.717) is 5.56 Å². The maximum absolute atomic E-state index is 12.9. The average Bonchev–Trinajstić information content (AvgIpc) is 2.51. The Kier molecular flexibility index (Phi) is 4.17. The minimum Gasteiger partial charge on any atom is -0.508 e. The highest BCUT2D eigenvalue weighted by Gasteiger charge is 2.21. The molecule has 0 atom stereocenters. The maximum Gasteiger partial charge on any atom is 0.239 e. The van der Waals surface area contributed by atoms with E-state index in [0.717, 1.165) is 17.2 Å². The summed E-state index contributed by atoms with van der Waals surface area (Å²) in [7, 11) is 0. The predicted octanol–water partition coefficient (Wildman–Crippen LogP) is 4.28. The molecule has 25 heavy (non-hydrogen) atoms. The quantitative estimate of drug-likeness (QED) is 0.744. The second kappa shape index (κ2) is 6.16. The van der Waals surface area contributed by atoms with Crippen molar-refractivity contribution in [3.63, 3.8) is 0 Å². The van der Waals surface area contributed by atoms with Crippen molar-refractivity contribution in [2.45, 2.75) is 33.8 Å². The van der Waals surface area contributed by atoms with Gasteiger partial charge in [-0.25, -0.2) is 0 Å². The van der Waals surface area contributed by atoms with Crippen molar-refractivity contribution in [2.24, 2.45) is 0 Å². The van der Waals surface area contributed by atoms with E-state index in [-0.39, 0.29) is 40.1 Å². The van der Waals surface area contributed by atoms with Crippen LogP contribution < -0.4 is 10.2 Å². The Labute approximate surface area is 145 Å². The molecule has 1 aromatic heterocycles. The molecule has 0 spiro atoms. The Morgan fingerprint density at radius 2 is 1.76 bits per heavy atom. The molecule has 0 unspecified atom stereocenters. The summed E-state index contributed by atoms with van der Waals surface area (Å²) < 4.78 is 11.6. The maximum atomic E-state index is 12.9. The van der Waals surface area contributed by atoms with Gasteiger partial charge in [0.25, 0.3) is 0 Å². The Morgan fingerprint density at radius 3 is 2.40 bits per heavy atom. The highest BCUT2D eigenvalue weighted by Crippen LogP contribution is 2.36. The molecule has 2 N–H and O–H groups in total. The molecule has 2 aromatic carbocycles. The van der Waals surface area contributed by atoms with Crippen LogP contribution in [0.3, 0.4) is 0 Å². The van der Waals surface area contributed by atoms with Gasteiger partial charge in [-0.2, -0.15) is 0 Å². The molecule has 0 amide bonds. The lowest BCUT2D eigenvalue weighted by Crippen LogP contribution is -2.15. The van der Waals surface area contributed by atoms with Crippen LogP contribution in [-0.2, 0) is 0 Å². The van der Waals surface area contributed by atoms with E-state index in [2.05, 4.69) is 0 Å². The van der Waals surface area contributed by atoms with E-state index in [4.69, 9.17) is 9.15 Å². The number of phenolic OH excluding ortho intramolecular Hbond substituents is 2. The number of fused-ring (bicyclic) bond motifs is 1. The number of benzene rings is 2. The van der Waals surface area contributed by atoms with Gasteiger partial charge in [0.1, 0.15) is 22.5 Å². The fourth-order valence-electron chi connectivity index (χ4n) is 2.68. The van der Waals surface area contributed by atoms with Crippen LogP contribution in [0.5, 0.6) is 17.2 Å². The third-order valence-corrected chi connectivity index (χ3v) is 4.04. The van der Waals surface area contributed by atoms with Gasteiger partial charge in [0.15, 0.2) is 5.76 Å². The minimum atomic E-state index is -0.472. The van der Waals surface area contributed by atoms with E-state index in [1.54, 1.807) is 0 Å². The first-order valence-electron chi connectivity index (χ1n) is 8.05. The SMILES string of the molecule is Cc1ccc(-c2oc3cc(O)cc(O)c3c(=O)c2OC(C)C)cc1C. The van der Waals surface area contributed by atoms with Crippen LogP contribution in [0.15, 0.2) is 39.5 Å². The Balaban J connectivity index is 2.39. The van der Waals surface area contributed by atoms with Crippen molar-refractivity contribution >= 4 is 11.0 Å². The summed E-state index contributed by atoms with van der Waals surface area (Å²) in [6.07, 6.45) is -0.245. The zero-order valence-electron chi connectivity index (χ0n) is 14.6. The van der Waals surface area contributed by atoms with Gasteiger partial charge in [0.05, 0.1) is 6.10 Å². The summed E-state index contributed by atoms with van der Waals surface area (Å²) in [4.78, 5) is 12.9. The molecule has 0 saturated heterocycles. The largest absolute Gasteiger partial charge is 0.508 e. The highest BCUT2D eigenvalue weighted by molar-refractivity contribution is 5.88. The molecule has 1 heterocycles. The first-order chi connectivity index (χ1) is 11.8. The van der Waals surface area contributed by atoms with Gasteiger partial charge < -0.3 is 19.4 Å². The van der Waals surface area contributed by atoms with E-state index in [9.17, 15) is 15.0 Å². The fraction of sp³-hybridized carbons (Fsp3) is 0.250. The molecule has 0 saturated carbocycles. The van der Waals surface area contributed by atoms with Crippen molar-refractivity contribution in [1.82, 2.24) is 0 Å². The molecule has 5 heteroatoms. The standard InChI is InChI=1S/C20H20O5/c1-10(2)24-20-18(23)17-15(22)8-14(21)9-16(17)25-19(20)13-6-5-11(3)12(4)7-13/h5-10,21-22H,1-4H3. The summed E-state index contributed by atoms with van der Waals surface area (Å²) in [5, 5.41) is 19.8. The summed E-state index contributed by atoms with van der Waals surface area (Å²) in [6, 6.07) is 8.11. The molecule has 130 valence electrons. The smallest absolute Gasteiger partial charge is 0.239 e. The van der Waals surface area contributed by atoms with Gasteiger partial charge in [-0.1, -0.05) is 12.1 Å². The number of phenols is 2. The summed E-state index contributed by atoms with van der Waals surface area (Å²) in [5.74, 6) is -0.202. The zero-order valence-corrected chi connectivity index (χ0v) is 14.6. The van der Waals surface area contributed by atoms with Gasteiger partial charge >= 0.3 is 0 Å². The first kappa shape index (κ1) is 16.9. The number of aromatic hydroxyl groups is 2. The Morgan fingerprint density at radius 1 is 1.04 bits per heavy atom.